The number of benzene rings is 2. The fourth-order valence-electron chi connectivity index (χ4n) is 2.72. The summed E-state index contributed by atoms with van der Waals surface area (Å²) in [6, 6.07) is 9.28. The molecular formula is C20H22FNO6. The number of carbonyl (C=O) groups excluding carboxylic acids is 1. The first-order chi connectivity index (χ1) is 13.4. The van der Waals surface area contributed by atoms with E-state index in [2.05, 4.69) is 5.32 Å². The third-order valence-corrected chi connectivity index (χ3v) is 4.23. The Hall–Kier alpha value is -3.29. The number of hydrogen-bond donors (Lipinski definition) is 2. The van der Waals surface area contributed by atoms with Crippen molar-refractivity contribution in [1.82, 2.24) is 5.32 Å². The molecule has 2 N–H and O–H groups in total. The predicted molar refractivity (Wildman–Crippen MR) is 99.7 cm³/mol. The van der Waals surface area contributed by atoms with E-state index in [0.29, 0.717) is 11.3 Å². The van der Waals surface area contributed by atoms with E-state index in [0.717, 1.165) is 6.07 Å². The lowest BCUT2D eigenvalue weighted by molar-refractivity contribution is -0.141. The van der Waals surface area contributed by atoms with E-state index in [-0.39, 0.29) is 30.0 Å². The Balaban J connectivity index is 2.13. The standard InChI is InChI=1S/C20H22FNO6/c1-26-16-7-5-4-6-12(16)8-13(20(24)25)11-22-19(23)14-9-17(27-2)18(28-3)10-15(14)21/h4-7,9-10,13H,8,11H2,1-3H3,(H,22,23)(H,24,25). The third kappa shape index (κ3) is 4.91. The molecule has 1 amide bonds. The van der Waals surface area contributed by atoms with Crippen molar-refractivity contribution in [3.8, 4) is 17.2 Å². The van der Waals surface area contributed by atoms with Gasteiger partial charge in [0, 0.05) is 12.6 Å². The smallest absolute Gasteiger partial charge is 0.308 e. The van der Waals surface area contributed by atoms with Crippen LogP contribution in [0.25, 0.3) is 0 Å². The number of nitrogens with one attached hydrogen (secondary N) is 1. The first kappa shape index (κ1) is 21.0. The van der Waals surface area contributed by atoms with Crippen molar-refractivity contribution < 1.29 is 33.3 Å². The molecule has 2 aromatic carbocycles. The average Bonchev–Trinajstić information content (AvgIpc) is 2.70. The molecule has 0 saturated heterocycles. The van der Waals surface area contributed by atoms with E-state index in [1.54, 1.807) is 24.3 Å². The van der Waals surface area contributed by atoms with Crippen LogP contribution in [-0.4, -0.2) is 44.9 Å². The van der Waals surface area contributed by atoms with Crippen LogP contribution in [0, 0.1) is 11.7 Å². The maximum atomic E-state index is 14.2. The quantitative estimate of drug-likeness (QED) is 0.682. The molecule has 0 bridgehead atoms. The van der Waals surface area contributed by atoms with Crippen LogP contribution in [0.3, 0.4) is 0 Å². The van der Waals surface area contributed by atoms with Gasteiger partial charge in [0.2, 0.25) is 0 Å². The molecule has 0 fully saturated rings. The first-order valence-corrected chi connectivity index (χ1v) is 8.45. The molecule has 7 nitrogen and oxygen atoms in total. The van der Waals surface area contributed by atoms with Gasteiger partial charge in [-0.05, 0) is 24.1 Å². The molecule has 2 aromatic rings. The maximum Gasteiger partial charge on any atom is 0.308 e. The normalized spacial score (nSPS) is 11.4. The SMILES string of the molecule is COc1ccccc1CC(CNC(=O)c1cc(OC)c(OC)cc1F)C(=O)O. The topological polar surface area (TPSA) is 94.1 Å². The van der Waals surface area contributed by atoms with Gasteiger partial charge in [0.05, 0.1) is 32.8 Å². The minimum Gasteiger partial charge on any atom is -0.496 e. The molecule has 0 aliphatic heterocycles. The van der Waals surface area contributed by atoms with Crippen LogP contribution in [0.4, 0.5) is 4.39 Å². The van der Waals surface area contributed by atoms with Gasteiger partial charge in [-0.2, -0.15) is 0 Å². The summed E-state index contributed by atoms with van der Waals surface area (Å²) in [5.74, 6) is -2.64. The number of halogens is 1. The predicted octanol–water partition coefficient (Wildman–Crippen LogP) is 2.52. The summed E-state index contributed by atoms with van der Waals surface area (Å²) in [7, 11) is 4.22. The van der Waals surface area contributed by atoms with E-state index in [4.69, 9.17) is 14.2 Å². The van der Waals surface area contributed by atoms with E-state index in [9.17, 15) is 19.1 Å². The number of rotatable bonds is 9. The van der Waals surface area contributed by atoms with E-state index >= 15 is 0 Å². The number of carboxylic acids is 1. The number of carbonyl (C=O) groups is 2. The summed E-state index contributed by atoms with van der Waals surface area (Å²) < 4.78 is 29.5. The molecule has 2 rings (SSSR count). The molecule has 28 heavy (non-hydrogen) atoms. The van der Waals surface area contributed by atoms with Crippen LogP contribution >= 0.6 is 0 Å². The van der Waals surface area contributed by atoms with Gasteiger partial charge in [-0.15, -0.1) is 0 Å². The van der Waals surface area contributed by atoms with Crippen molar-refractivity contribution in [2.24, 2.45) is 5.92 Å². The van der Waals surface area contributed by atoms with Crippen LogP contribution in [0.2, 0.25) is 0 Å². The summed E-state index contributed by atoms with van der Waals surface area (Å²) in [6.07, 6.45) is 0.147. The highest BCUT2D eigenvalue weighted by molar-refractivity contribution is 5.95. The molecule has 0 aliphatic carbocycles. The molecule has 0 aliphatic rings. The Morgan fingerprint density at radius 1 is 1.04 bits per heavy atom. The van der Waals surface area contributed by atoms with Gasteiger partial charge in [0.25, 0.3) is 5.91 Å². The Morgan fingerprint density at radius 2 is 1.64 bits per heavy atom. The van der Waals surface area contributed by atoms with Crippen LogP contribution in [-0.2, 0) is 11.2 Å². The number of aliphatic carboxylic acids is 1. The molecule has 0 aromatic heterocycles. The van der Waals surface area contributed by atoms with Crippen molar-refractivity contribution in [2.45, 2.75) is 6.42 Å². The number of carboxylic acid groups (broad SMARTS) is 1. The Kier molecular flexibility index (Phi) is 7.20. The molecule has 0 radical (unpaired) electrons. The summed E-state index contributed by atoms with van der Waals surface area (Å²) in [4.78, 5) is 24.0. The second-order valence-electron chi connectivity index (χ2n) is 5.95. The Morgan fingerprint density at radius 3 is 2.25 bits per heavy atom. The summed E-state index contributed by atoms with van der Waals surface area (Å²) in [5, 5.41) is 12.0. The van der Waals surface area contributed by atoms with E-state index in [1.165, 1.54) is 27.4 Å². The first-order valence-electron chi connectivity index (χ1n) is 8.45. The summed E-state index contributed by atoms with van der Waals surface area (Å²) >= 11 is 0. The van der Waals surface area contributed by atoms with Gasteiger partial charge in [-0.25, -0.2) is 4.39 Å². The van der Waals surface area contributed by atoms with Crippen molar-refractivity contribution in [3.05, 3.63) is 53.3 Å². The number of ether oxygens (including phenoxy) is 3. The molecule has 0 saturated carbocycles. The number of hydrogen-bond acceptors (Lipinski definition) is 5. The second-order valence-corrected chi connectivity index (χ2v) is 5.95. The molecular weight excluding hydrogens is 369 g/mol. The van der Waals surface area contributed by atoms with Crippen molar-refractivity contribution in [3.63, 3.8) is 0 Å². The van der Waals surface area contributed by atoms with Crippen molar-refractivity contribution in [2.75, 3.05) is 27.9 Å². The zero-order valence-electron chi connectivity index (χ0n) is 15.8. The monoisotopic (exact) mass is 391 g/mol. The molecule has 150 valence electrons. The minimum absolute atomic E-state index is 0.147. The van der Waals surface area contributed by atoms with Crippen LogP contribution in [0.1, 0.15) is 15.9 Å². The highest BCUT2D eigenvalue weighted by Gasteiger charge is 2.23. The van der Waals surface area contributed by atoms with Crippen molar-refractivity contribution in [1.29, 1.82) is 0 Å². The fraction of sp³-hybridized carbons (Fsp3) is 0.300. The molecule has 8 heteroatoms. The largest absolute Gasteiger partial charge is 0.496 e. The van der Waals surface area contributed by atoms with Crippen LogP contribution < -0.4 is 19.5 Å². The van der Waals surface area contributed by atoms with E-state index in [1.807, 2.05) is 0 Å². The highest BCUT2D eigenvalue weighted by Crippen LogP contribution is 2.29. The molecule has 0 spiro atoms. The van der Waals surface area contributed by atoms with Crippen molar-refractivity contribution >= 4 is 11.9 Å². The van der Waals surface area contributed by atoms with Crippen LogP contribution in [0.5, 0.6) is 17.2 Å². The lowest BCUT2D eigenvalue weighted by Gasteiger charge is -2.16. The lowest BCUT2D eigenvalue weighted by atomic mass is 9.98. The third-order valence-electron chi connectivity index (χ3n) is 4.23. The zero-order valence-corrected chi connectivity index (χ0v) is 15.8. The number of methoxy groups -OCH3 is 3. The average molecular weight is 391 g/mol. The zero-order chi connectivity index (χ0) is 20.7. The lowest BCUT2D eigenvalue weighted by Crippen LogP contribution is -2.34. The van der Waals surface area contributed by atoms with E-state index < -0.39 is 23.6 Å². The van der Waals surface area contributed by atoms with Gasteiger partial charge in [-0.3, -0.25) is 9.59 Å². The Labute approximate surface area is 162 Å². The fourth-order valence-corrected chi connectivity index (χ4v) is 2.72. The minimum atomic E-state index is -1.08. The van der Waals surface area contributed by atoms with Gasteiger partial charge < -0.3 is 24.6 Å². The van der Waals surface area contributed by atoms with Crippen LogP contribution in [0.15, 0.2) is 36.4 Å². The second kappa shape index (κ2) is 9.59. The number of amides is 1. The molecule has 1 unspecified atom stereocenters. The molecule has 1 atom stereocenters. The maximum absolute atomic E-state index is 14.2. The number of para-hydroxylation sites is 1. The highest BCUT2D eigenvalue weighted by atomic mass is 19.1. The van der Waals surface area contributed by atoms with Gasteiger partial charge >= 0.3 is 5.97 Å². The Bertz CT molecular complexity index is 855. The van der Waals surface area contributed by atoms with Gasteiger partial charge in [-0.1, -0.05) is 18.2 Å². The van der Waals surface area contributed by atoms with Gasteiger partial charge in [0.15, 0.2) is 11.5 Å². The summed E-state index contributed by atoms with van der Waals surface area (Å²) in [6.45, 7) is -0.181. The summed E-state index contributed by atoms with van der Waals surface area (Å²) in [5.41, 5.74) is 0.433. The molecule has 0 heterocycles. The van der Waals surface area contributed by atoms with Gasteiger partial charge in [0.1, 0.15) is 11.6 Å².